The molecule has 4 unspecified atom stereocenters. The van der Waals surface area contributed by atoms with Crippen molar-refractivity contribution in [3.63, 3.8) is 0 Å². The lowest BCUT2D eigenvalue weighted by atomic mass is 9.48. The number of rotatable bonds is 14. The zero-order valence-corrected chi connectivity index (χ0v) is 19.7. The van der Waals surface area contributed by atoms with E-state index in [2.05, 4.69) is 69.2 Å². The maximum atomic E-state index is 2.64. The molecule has 0 aromatic rings. The molecule has 0 aliphatic rings. The van der Waals surface area contributed by atoms with Crippen molar-refractivity contribution in [3.8, 4) is 0 Å². The van der Waals surface area contributed by atoms with Crippen molar-refractivity contribution in [3.05, 3.63) is 0 Å². The standard InChI is InChI=1S/C25H52/c1-11-18-23(7,8)25(10,24(9,15-5)19-12-2)20-16-17-22(14-4)21(6)13-3/h21-22H,11-20H2,1-10H3. The van der Waals surface area contributed by atoms with Gasteiger partial charge in [0.05, 0.1) is 0 Å². The van der Waals surface area contributed by atoms with E-state index in [9.17, 15) is 0 Å². The average Bonchev–Trinajstić information content (AvgIpc) is 2.57. The Morgan fingerprint density at radius 2 is 1.28 bits per heavy atom. The minimum Gasteiger partial charge on any atom is -0.0654 e. The van der Waals surface area contributed by atoms with Gasteiger partial charge in [-0.2, -0.15) is 0 Å². The van der Waals surface area contributed by atoms with Gasteiger partial charge < -0.3 is 0 Å². The van der Waals surface area contributed by atoms with Crippen molar-refractivity contribution in [2.45, 2.75) is 133 Å². The normalized spacial score (nSPS) is 19.9. The van der Waals surface area contributed by atoms with Crippen LogP contribution in [0.15, 0.2) is 0 Å². The lowest BCUT2D eigenvalue weighted by molar-refractivity contribution is -0.0708. The van der Waals surface area contributed by atoms with Crippen LogP contribution < -0.4 is 0 Å². The van der Waals surface area contributed by atoms with Crippen molar-refractivity contribution in [1.82, 2.24) is 0 Å². The third kappa shape index (κ3) is 6.00. The molecule has 152 valence electrons. The van der Waals surface area contributed by atoms with E-state index in [1.165, 1.54) is 64.2 Å². The molecule has 0 aliphatic heterocycles. The van der Waals surface area contributed by atoms with E-state index in [0.29, 0.717) is 16.2 Å². The smallest absolute Gasteiger partial charge is 0.0221 e. The third-order valence-corrected chi connectivity index (χ3v) is 8.51. The fourth-order valence-electron chi connectivity index (χ4n) is 5.69. The van der Waals surface area contributed by atoms with Gasteiger partial charge in [0.25, 0.3) is 0 Å². The van der Waals surface area contributed by atoms with Crippen LogP contribution in [0, 0.1) is 28.1 Å². The molecule has 0 nitrogen and oxygen atoms in total. The molecule has 0 heterocycles. The third-order valence-electron chi connectivity index (χ3n) is 8.51. The lowest BCUT2D eigenvalue weighted by Gasteiger charge is -2.56. The molecular weight excluding hydrogens is 300 g/mol. The molecule has 0 radical (unpaired) electrons. The van der Waals surface area contributed by atoms with Crippen molar-refractivity contribution >= 4 is 0 Å². The second kappa shape index (κ2) is 11.0. The zero-order chi connectivity index (χ0) is 19.7. The molecule has 0 saturated carbocycles. The molecule has 0 aromatic heterocycles. The van der Waals surface area contributed by atoms with Gasteiger partial charge in [0.1, 0.15) is 0 Å². The van der Waals surface area contributed by atoms with Gasteiger partial charge in [0.2, 0.25) is 0 Å². The Kier molecular flexibility index (Phi) is 11.0. The summed E-state index contributed by atoms with van der Waals surface area (Å²) in [5, 5.41) is 0. The molecular formula is C25H52. The van der Waals surface area contributed by atoms with Crippen LogP contribution in [-0.4, -0.2) is 0 Å². The Morgan fingerprint density at radius 1 is 0.720 bits per heavy atom. The summed E-state index contributed by atoms with van der Waals surface area (Å²) < 4.78 is 0. The average molecular weight is 353 g/mol. The van der Waals surface area contributed by atoms with Gasteiger partial charge in [-0.25, -0.2) is 0 Å². The van der Waals surface area contributed by atoms with E-state index in [-0.39, 0.29) is 0 Å². The van der Waals surface area contributed by atoms with Crippen LogP contribution in [0.5, 0.6) is 0 Å². The highest BCUT2D eigenvalue weighted by molar-refractivity contribution is 5.00. The number of hydrogen-bond acceptors (Lipinski definition) is 0. The van der Waals surface area contributed by atoms with E-state index < -0.39 is 0 Å². The number of hydrogen-bond donors (Lipinski definition) is 0. The Bertz CT molecular complexity index is 342. The van der Waals surface area contributed by atoms with Crippen LogP contribution in [-0.2, 0) is 0 Å². The SMILES string of the molecule is CCCC(C)(C)C(C)(CCCC(CC)C(C)CC)C(C)(CC)CCC. The maximum Gasteiger partial charge on any atom is -0.0221 e. The fraction of sp³-hybridized carbons (Fsp3) is 1.00. The van der Waals surface area contributed by atoms with Crippen LogP contribution in [0.3, 0.4) is 0 Å². The molecule has 0 rings (SSSR count). The minimum absolute atomic E-state index is 0.416. The highest BCUT2D eigenvalue weighted by Gasteiger charge is 2.50. The second-order valence-electron chi connectivity index (χ2n) is 10.1. The van der Waals surface area contributed by atoms with E-state index in [0.717, 1.165) is 11.8 Å². The molecule has 4 atom stereocenters. The minimum atomic E-state index is 0.416. The summed E-state index contributed by atoms with van der Waals surface area (Å²) in [6.45, 7) is 24.7. The van der Waals surface area contributed by atoms with Crippen LogP contribution in [0.4, 0.5) is 0 Å². The predicted molar refractivity (Wildman–Crippen MR) is 117 cm³/mol. The maximum absolute atomic E-state index is 2.64. The van der Waals surface area contributed by atoms with Crippen molar-refractivity contribution in [2.24, 2.45) is 28.1 Å². The Morgan fingerprint density at radius 3 is 1.68 bits per heavy atom. The van der Waals surface area contributed by atoms with E-state index in [4.69, 9.17) is 0 Å². The highest BCUT2D eigenvalue weighted by atomic mass is 14.6. The quantitative estimate of drug-likeness (QED) is 0.292. The largest absolute Gasteiger partial charge is 0.0654 e. The van der Waals surface area contributed by atoms with Gasteiger partial charge in [-0.3, -0.25) is 0 Å². The van der Waals surface area contributed by atoms with Gasteiger partial charge in [0, 0.05) is 0 Å². The molecule has 0 aromatic carbocycles. The first-order chi connectivity index (χ1) is 11.6. The first-order valence-electron chi connectivity index (χ1n) is 11.6. The van der Waals surface area contributed by atoms with Gasteiger partial charge in [-0.1, -0.05) is 114 Å². The van der Waals surface area contributed by atoms with E-state index in [1.807, 2.05) is 0 Å². The highest BCUT2D eigenvalue weighted by Crippen LogP contribution is 2.60. The first-order valence-corrected chi connectivity index (χ1v) is 11.6. The summed E-state index contributed by atoms with van der Waals surface area (Å²) in [5.74, 6) is 1.80. The summed E-state index contributed by atoms with van der Waals surface area (Å²) in [6, 6.07) is 0. The van der Waals surface area contributed by atoms with Gasteiger partial charge in [0.15, 0.2) is 0 Å². The Balaban J connectivity index is 5.41. The lowest BCUT2D eigenvalue weighted by Crippen LogP contribution is -2.48. The van der Waals surface area contributed by atoms with E-state index >= 15 is 0 Å². The van der Waals surface area contributed by atoms with Crippen LogP contribution in [0.1, 0.15) is 133 Å². The zero-order valence-electron chi connectivity index (χ0n) is 19.7. The fourth-order valence-corrected chi connectivity index (χ4v) is 5.69. The van der Waals surface area contributed by atoms with Crippen LogP contribution in [0.25, 0.3) is 0 Å². The topological polar surface area (TPSA) is 0 Å². The molecule has 0 amide bonds. The van der Waals surface area contributed by atoms with Gasteiger partial charge in [-0.15, -0.1) is 0 Å². The van der Waals surface area contributed by atoms with E-state index in [1.54, 1.807) is 0 Å². The molecule has 0 bridgehead atoms. The summed E-state index contributed by atoms with van der Waals surface area (Å²) in [6.07, 6.45) is 13.6. The molecule has 25 heavy (non-hydrogen) atoms. The summed E-state index contributed by atoms with van der Waals surface area (Å²) in [4.78, 5) is 0. The first kappa shape index (κ1) is 25.0. The van der Waals surface area contributed by atoms with Gasteiger partial charge in [-0.05, 0) is 47.3 Å². The molecule has 0 fully saturated rings. The molecule has 0 heteroatoms. The molecule has 0 aliphatic carbocycles. The summed E-state index contributed by atoms with van der Waals surface area (Å²) in [7, 11) is 0. The molecule has 0 spiro atoms. The Hall–Kier alpha value is 0. The summed E-state index contributed by atoms with van der Waals surface area (Å²) in [5.41, 5.74) is 1.30. The van der Waals surface area contributed by atoms with Crippen molar-refractivity contribution in [1.29, 1.82) is 0 Å². The molecule has 0 saturated heterocycles. The summed E-state index contributed by atoms with van der Waals surface area (Å²) >= 11 is 0. The van der Waals surface area contributed by atoms with Crippen molar-refractivity contribution in [2.75, 3.05) is 0 Å². The van der Waals surface area contributed by atoms with Crippen LogP contribution >= 0.6 is 0 Å². The van der Waals surface area contributed by atoms with Gasteiger partial charge >= 0.3 is 0 Å². The van der Waals surface area contributed by atoms with Crippen LogP contribution in [0.2, 0.25) is 0 Å². The predicted octanol–water partition coefficient (Wildman–Crippen LogP) is 9.28. The molecule has 0 N–H and O–H groups in total. The Labute approximate surface area is 161 Å². The monoisotopic (exact) mass is 352 g/mol. The van der Waals surface area contributed by atoms with Crippen molar-refractivity contribution < 1.29 is 0 Å². The second-order valence-corrected chi connectivity index (χ2v) is 10.1.